The van der Waals surface area contributed by atoms with Crippen LogP contribution in [0.25, 0.3) is 11.6 Å². The highest BCUT2D eigenvalue weighted by Gasteiger charge is 2.04. The van der Waals surface area contributed by atoms with Crippen molar-refractivity contribution in [3.8, 4) is 11.8 Å². The molecule has 0 saturated carbocycles. The van der Waals surface area contributed by atoms with Gasteiger partial charge in [0, 0.05) is 12.1 Å². The van der Waals surface area contributed by atoms with E-state index in [2.05, 4.69) is 6.07 Å². The molecule has 0 atom stereocenters. The largest absolute Gasteiger partial charge is 0.489 e. The molecule has 0 N–H and O–H groups in total. The molecular formula is C22H16N2O3. The van der Waals surface area contributed by atoms with Crippen LogP contribution in [0.2, 0.25) is 0 Å². The lowest BCUT2D eigenvalue weighted by molar-refractivity contribution is -0.384. The predicted octanol–water partition coefficient (Wildman–Crippen LogP) is 5.24. The first-order valence-electron chi connectivity index (χ1n) is 8.29. The molecule has 27 heavy (non-hydrogen) atoms. The summed E-state index contributed by atoms with van der Waals surface area (Å²) in [7, 11) is 0. The minimum absolute atomic E-state index is 0.0570. The van der Waals surface area contributed by atoms with Crippen LogP contribution >= 0.6 is 0 Å². The molecule has 0 bridgehead atoms. The number of hydrogen-bond donors (Lipinski definition) is 0. The molecule has 0 aromatic heterocycles. The highest BCUT2D eigenvalue weighted by Crippen LogP contribution is 2.20. The van der Waals surface area contributed by atoms with Gasteiger partial charge in [-0.2, -0.15) is 5.26 Å². The number of nitro groups is 1. The smallest absolute Gasteiger partial charge is 0.269 e. The molecule has 0 saturated heterocycles. The highest BCUT2D eigenvalue weighted by molar-refractivity contribution is 5.89. The fourth-order valence-electron chi connectivity index (χ4n) is 2.51. The maximum atomic E-state index is 10.7. The Hall–Kier alpha value is -3.91. The fourth-order valence-corrected chi connectivity index (χ4v) is 2.51. The van der Waals surface area contributed by atoms with Crippen molar-refractivity contribution in [1.29, 1.82) is 5.26 Å². The van der Waals surface area contributed by atoms with E-state index in [0.717, 1.165) is 16.7 Å². The second-order valence-corrected chi connectivity index (χ2v) is 5.82. The van der Waals surface area contributed by atoms with Gasteiger partial charge in [-0.15, -0.1) is 0 Å². The molecule has 3 rings (SSSR count). The molecule has 0 aliphatic heterocycles. The first-order chi connectivity index (χ1) is 13.2. The van der Waals surface area contributed by atoms with Crippen LogP contribution in [0.4, 0.5) is 5.69 Å². The van der Waals surface area contributed by atoms with Crippen molar-refractivity contribution >= 4 is 17.3 Å². The predicted molar refractivity (Wildman–Crippen MR) is 104 cm³/mol. The van der Waals surface area contributed by atoms with E-state index in [0.29, 0.717) is 17.9 Å². The van der Waals surface area contributed by atoms with E-state index in [1.807, 2.05) is 60.7 Å². The molecule has 0 amide bonds. The Bertz CT molecular complexity index is 986. The van der Waals surface area contributed by atoms with Gasteiger partial charge in [0.05, 0.1) is 16.6 Å². The summed E-state index contributed by atoms with van der Waals surface area (Å²) >= 11 is 0. The molecule has 0 unspecified atom stereocenters. The van der Waals surface area contributed by atoms with E-state index >= 15 is 0 Å². The van der Waals surface area contributed by atoms with E-state index in [9.17, 15) is 15.4 Å². The van der Waals surface area contributed by atoms with Gasteiger partial charge in [-0.3, -0.25) is 10.1 Å². The summed E-state index contributed by atoms with van der Waals surface area (Å²) in [6, 6.07) is 25.4. The van der Waals surface area contributed by atoms with E-state index < -0.39 is 4.92 Å². The van der Waals surface area contributed by atoms with Gasteiger partial charge in [-0.1, -0.05) is 42.5 Å². The van der Waals surface area contributed by atoms with Crippen LogP contribution in [0.15, 0.2) is 78.9 Å². The third-order valence-electron chi connectivity index (χ3n) is 3.95. The van der Waals surface area contributed by atoms with Crippen LogP contribution in [0.3, 0.4) is 0 Å². The SMILES string of the molecule is N#C/C(=C/c1ccc(OCc2ccc([N+](=O)[O-])cc2)cc1)c1ccccc1. The number of nitro benzene ring substituents is 1. The summed E-state index contributed by atoms with van der Waals surface area (Å²) in [5, 5.41) is 20.0. The highest BCUT2D eigenvalue weighted by atomic mass is 16.6. The number of hydrogen-bond acceptors (Lipinski definition) is 4. The number of rotatable bonds is 6. The monoisotopic (exact) mass is 356 g/mol. The minimum Gasteiger partial charge on any atom is -0.489 e. The summed E-state index contributed by atoms with van der Waals surface area (Å²) in [4.78, 5) is 10.2. The van der Waals surface area contributed by atoms with Crippen LogP contribution in [-0.4, -0.2) is 4.92 Å². The second-order valence-electron chi connectivity index (χ2n) is 5.82. The summed E-state index contributed by atoms with van der Waals surface area (Å²) in [6.07, 6.45) is 1.83. The number of benzene rings is 3. The molecule has 0 heterocycles. The van der Waals surface area contributed by atoms with Crippen molar-refractivity contribution in [2.45, 2.75) is 6.61 Å². The van der Waals surface area contributed by atoms with Crippen LogP contribution in [0.5, 0.6) is 5.75 Å². The minimum atomic E-state index is -0.429. The van der Waals surface area contributed by atoms with Crippen LogP contribution in [0, 0.1) is 21.4 Å². The maximum absolute atomic E-state index is 10.7. The van der Waals surface area contributed by atoms with E-state index in [1.165, 1.54) is 12.1 Å². The van der Waals surface area contributed by atoms with Crippen LogP contribution in [-0.2, 0) is 6.61 Å². The third-order valence-corrected chi connectivity index (χ3v) is 3.95. The van der Waals surface area contributed by atoms with Gasteiger partial charge in [-0.25, -0.2) is 0 Å². The summed E-state index contributed by atoms with van der Waals surface area (Å²) in [5.74, 6) is 0.684. The molecule has 0 fully saturated rings. The molecule has 0 radical (unpaired) electrons. The van der Waals surface area contributed by atoms with Gasteiger partial charge in [0.1, 0.15) is 12.4 Å². The molecule has 3 aromatic rings. The number of non-ortho nitro benzene ring substituents is 1. The molecule has 132 valence electrons. The van der Waals surface area contributed by atoms with Crippen molar-refractivity contribution in [3.63, 3.8) is 0 Å². The van der Waals surface area contributed by atoms with Gasteiger partial charge in [0.25, 0.3) is 5.69 Å². The number of allylic oxidation sites excluding steroid dienone is 1. The normalized spacial score (nSPS) is 10.9. The Morgan fingerprint density at radius 2 is 1.67 bits per heavy atom. The van der Waals surface area contributed by atoms with Crippen molar-refractivity contribution < 1.29 is 9.66 Å². The van der Waals surface area contributed by atoms with Crippen molar-refractivity contribution in [1.82, 2.24) is 0 Å². The van der Waals surface area contributed by atoms with Gasteiger partial charge in [0.2, 0.25) is 0 Å². The lowest BCUT2D eigenvalue weighted by Gasteiger charge is -2.07. The first-order valence-corrected chi connectivity index (χ1v) is 8.29. The Kier molecular flexibility index (Phi) is 5.60. The van der Waals surface area contributed by atoms with Gasteiger partial charge < -0.3 is 4.74 Å². The van der Waals surface area contributed by atoms with Gasteiger partial charge in [-0.05, 0) is 47.0 Å². The molecule has 5 heteroatoms. The molecular weight excluding hydrogens is 340 g/mol. The second kappa shape index (κ2) is 8.45. The quantitative estimate of drug-likeness (QED) is 0.262. The summed E-state index contributed by atoms with van der Waals surface area (Å²) < 4.78 is 5.71. The van der Waals surface area contributed by atoms with Gasteiger partial charge in [0.15, 0.2) is 0 Å². The Morgan fingerprint density at radius 1 is 1.00 bits per heavy atom. The molecule has 0 spiro atoms. The van der Waals surface area contributed by atoms with Gasteiger partial charge >= 0.3 is 0 Å². The van der Waals surface area contributed by atoms with Crippen molar-refractivity contribution in [3.05, 3.63) is 106 Å². The number of nitrogens with zero attached hydrogens (tertiary/aromatic N) is 2. The lowest BCUT2D eigenvalue weighted by atomic mass is 10.0. The molecule has 5 nitrogen and oxygen atoms in total. The molecule has 0 aliphatic rings. The standard InChI is InChI=1S/C22H16N2O3/c23-15-20(19-4-2-1-3-5-19)14-17-8-12-22(13-9-17)27-16-18-6-10-21(11-7-18)24(25)26/h1-14H,16H2/b20-14-. The Labute approximate surface area is 156 Å². The third kappa shape index (κ3) is 4.80. The number of ether oxygens (including phenoxy) is 1. The summed E-state index contributed by atoms with van der Waals surface area (Å²) in [5.41, 5.74) is 3.27. The topological polar surface area (TPSA) is 76.2 Å². The Balaban J connectivity index is 1.66. The van der Waals surface area contributed by atoms with E-state index in [4.69, 9.17) is 4.74 Å². The number of nitriles is 1. The van der Waals surface area contributed by atoms with E-state index in [-0.39, 0.29) is 5.69 Å². The van der Waals surface area contributed by atoms with Crippen LogP contribution < -0.4 is 4.74 Å². The Morgan fingerprint density at radius 3 is 2.26 bits per heavy atom. The fraction of sp³-hybridized carbons (Fsp3) is 0.0455. The molecule has 3 aromatic carbocycles. The van der Waals surface area contributed by atoms with Crippen LogP contribution in [0.1, 0.15) is 16.7 Å². The van der Waals surface area contributed by atoms with E-state index in [1.54, 1.807) is 12.1 Å². The zero-order valence-electron chi connectivity index (χ0n) is 14.4. The van der Waals surface area contributed by atoms with Crippen molar-refractivity contribution in [2.24, 2.45) is 0 Å². The average Bonchev–Trinajstić information content (AvgIpc) is 2.72. The lowest BCUT2D eigenvalue weighted by Crippen LogP contribution is -1.96. The first kappa shape index (κ1) is 17.9. The van der Waals surface area contributed by atoms with Crippen molar-refractivity contribution in [2.75, 3.05) is 0 Å². The average molecular weight is 356 g/mol. The zero-order valence-corrected chi connectivity index (χ0v) is 14.4. The molecule has 0 aliphatic carbocycles. The zero-order chi connectivity index (χ0) is 19.1. The maximum Gasteiger partial charge on any atom is 0.269 e. The summed E-state index contributed by atoms with van der Waals surface area (Å²) in [6.45, 7) is 0.320.